The molecule has 2 aromatic heterocycles. The molecule has 2 heterocycles. The van der Waals surface area contributed by atoms with Gasteiger partial charge in [-0.3, -0.25) is 0 Å². The molecule has 3 aromatic rings. The third-order valence-electron chi connectivity index (χ3n) is 2.59. The Morgan fingerprint density at radius 3 is 2.79 bits per heavy atom. The second-order valence-electron chi connectivity index (χ2n) is 3.95. The van der Waals surface area contributed by atoms with Gasteiger partial charge in [-0.05, 0) is 24.3 Å². The van der Waals surface area contributed by atoms with Crippen LogP contribution in [0.4, 0.5) is 10.1 Å². The normalized spacial score (nSPS) is 10.6. The summed E-state index contributed by atoms with van der Waals surface area (Å²) >= 11 is 0. The third kappa shape index (κ3) is 2.15. The molecule has 1 aromatic carbocycles. The Labute approximate surface area is 108 Å². The highest BCUT2D eigenvalue weighted by molar-refractivity contribution is 5.60. The van der Waals surface area contributed by atoms with Gasteiger partial charge in [-0.2, -0.15) is 4.68 Å². The number of hydrogen-bond acceptors (Lipinski definition) is 4. The van der Waals surface area contributed by atoms with E-state index in [0.29, 0.717) is 11.5 Å². The van der Waals surface area contributed by atoms with Crippen molar-refractivity contribution >= 4 is 5.69 Å². The molecule has 3 rings (SSSR count). The largest absolute Gasteiger partial charge is 0.399 e. The van der Waals surface area contributed by atoms with E-state index in [9.17, 15) is 4.39 Å². The molecule has 0 bridgehead atoms. The van der Waals surface area contributed by atoms with Crippen molar-refractivity contribution in [2.45, 2.75) is 0 Å². The summed E-state index contributed by atoms with van der Waals surface area (Å²) in [7, 11) is 0. The molecule has 94 valence electrons. The molecule has 6 heteroatoms. The van der Waals surface area contributed by atoms with Crippen LogP contribution in [0.2, 0.25) is 0 Å². The molecule has 0 spiro atoms. The van der Waals surface area contributed by atoms with Crippen LogP contribution in [-0.4, -0.2) is 19.7 Å². The highest BCUT2D eigenvalue weighted by Gasteiger charge is 2.09. The SMILES string of the molecule is Nc1cccc(-c2ncn(-c3ncccc3F)n2)c1. The molecule has 0 aliphatic rings. The number of halogens is 1. The monoisotopic (exact) mass is 255 g/mol. The first kappa shape index (κ1) is 11.3. The Hall–Kier alpha value is -2.76. The zero-order chi connectivity index (χ0) is 13.2. The lowest BCUT2D eigenvalue weighted by Gasteiger charge is -2.00. The first-order chi connectivity index (χ1) is 9.24. The van der Waals surface area contributed by atoms with Crippen LogP contribution in [0.3, 0.4) is 0 Å². The van der Waals surface area contributed by atoms with Crippen LogP contribution in [0.5, 0.6) is 0 Å². The second kappa shape index (κ2) is 4.49. The van der Waals surface area contributed by atoms with Gasteiger partial charge in [-0.15, -0.1) is 5.10 Å². The van der Waals surface area contributed by atoms with Crippen LogP contribution in [0, 0.1) is 5.82 Å². The van der Waals surface area contributed by atoms with Gasteiger partial charge in [0.05, 0.1) is 0 Å². The lowest BCUT2D eigenvalue weighted by molar-refractivity contribution is 0.600. The Morgan fingerprint density at radius 2 is 2.00 bits per heavy atom. The topological polar surface area (TPSA) is 69.6 Å². The number of nitrogens with zero attached hydrogens (tertiary/aromatic N) is 4. The predicted octanol–water partition coefficient (Wildman–Crippen LogP) is 2.05. The van der Waals surface area contributed by atoms with Gasteiger partial charge in [0.25, 0.3) is 0 Å². The van der Waals surface area contributed by atoms with Gasteiger partial charge in [0, 0.05) is 17.4 Å². The average molecular weight is 255 g/mol. The molecule has 0 aliphatic carbocycles. The van der Waals surface area contributed by atoms with Crippen LogP contribution in [0.1, 0.15) is 0 Å². The van der Waals surface area contributed by atoms with Gasteiger partial charge in [0.1, 0.15) is 6.33 Å². The van der Waals surface area contributed by atoms with E-state index in [0.717, 1.165) is 5.56 Å². The van der Waals surface area contributed by atoms with Crippen LogP contribution >= 0.6 is 0 Å². The van der Waals surface area contributed by atoms with Crippen LogP contribution < -0.4 is 5.73 Å². The quantitative estimate of drug-likeness (QED) is 0.711. The fraction of sp³-hybridized carbons (Fsp3) is 0. The fourth-order valence-corrected chi connectivity index (χ4v) is 1.72. The van der Waals surface area contributed by atoms with Crippen LogP contribution in [0.15, 0.2) is 48.9 Å². The summed E-state index contributed by atoms with van der Waals surface area (Å²) in [6.07, 6.45) is 2.92. The summed E-state index contributed by atoms with van der Waals surface area (Å²) in [5, 5.41) is 4.20. The molecule has 2 N–H and O–H groups in total. The van der Waals surface area contributed by atoms with Gasteiger partial charge in [0.2, 0.25) is 0 Å². The van der Waals surface area contributed by atoms with Crippen molar-refractivity contribution in [3.8, 4) is 17.2 Å². The third-order valence-corrected chi connectivity index (χ3v) is 2.59. The first-order valence-corrected chi connectivity index (χ1v) is 5.62. The molecule has 19 heavy (non-hydrogen) atoms. The van der Waals surface area contributed by atoms with Gasteiger partial charge < -0.3 is 5.73 Å². The average Bonchev–Trinajstić information content (AvgIpc) is 2.89. The number of benzene rings is 1. The number of rotatable bonds is 2. The summed E-state index contributed by atoms with van der Waals surface area (Å²) in [6, 6.07) is 10.0. The minimum atomic E-state index is -0.452. The zero-order valence-electron chi connectivity index (χ0n) is 9.86. The van der Waals surface area contributed by atoms with Gasteiger partial charge >= 0.3 is 0 Å². The second-order valence-corrected chi connectivity index (χ2v) is 3.95. The predicted molar refractivity (Wildman–Crippen MR) is 69.0 cm³/mol. The van der Waals surface area contributed by atoms with Gasteiger partial charge in [0.15, 0.2) is 17.5 Å². The molecule has 0 fully saturated rings. The van der Waals surface area contributed by atoms with E-state index in [1.807, 2.05) is 12.1 Å². The van der Waals surface area contributed by atoms with Crippen molar-refractivity contribution in [3.05, 3.63) is 54.7 Å². The van der Waals surface area contributed by atoms with E-state index in [1.165, 1.54) is 29.3 Å². The van der Waals surface area contributed by atoms with Crippen molar-refractivity contribution in [2.24, 2.45) is 0 Å². The summed E-state index contributed by atoms with van der Waals surface area (Å²) in [6.45, 7) is 0. The molecule has 0 atom stereocenters. The summed E-state index contributed by atoms with van der Waals surface area (Å²) in [5.41, 5.74) is 7.10. The molecular formula is C13H10FN5. The molecule has 0 aliphatic heterocycles. The summed E-state index contributed by atoms with van der Waals surface area (Å²) in [4.78, 5) is 8.07. The molecule has 0 saturated carbocycles. The van der Waals surface area contributed by atoms with E-state index in [2.05, 4.69) is 15.1 Å². The van der Waals surface area contributed by atoms with E-state index >= 15 is 0 Å². The molecule has 0 saturated heterocycles. The Kier molecular flexibility index (Phi) is 2.68. The summed E-state index contributed by atoms with van der Waals surface area (Å²) < 4.78 is 14.9. The van der Waals surface area contributed by atoms with E-state index in [-0.39, 0.29) is 5.82 Å². The Balaban J connectivity index is 2.03. The van der Waals surface area contributed by atoms with Crippen molar-refractivity contribution in [1.29, 1.82) is 0 Å². The number of hydrogen-bond donors (Lipinski definition) is 1. The smallest absolute Gasteiger partial charge is 0.191 e. The number of nitrogens with two attached hydrogens (primary N) is 1. The number of anilines is 1. The van der Waals surface area contributed by atoms with Crippen LogP contribution in [-0.2, 0) is 0 Å². The molecule has 5 nitrogen and oxygen atoms in total. The number of aromatic nitrogens is 4. The minimum absolute atomic E-state index is 0.116. The maximum absolute atomic E-state index is 13.6. The summed E-state index contributed by atoms with van der Waals surface area (Å²) in [5.74, 6) is 0.133. The standard InChI is InChI=1S/C13H10FN5/c14-11-5-2-6-16-13(11)19-8-17-12(18-19)9-3-1-4-10(15)7-9/h1-8H,15H2. The fourth-order valence-electron chi connectivity index (χ4n) is 1.72. The van der Waals surface area contributed by atoms with Crippen molar-refractivity contribution in [2.75, 3.05) is 5.73 Å². The molecular weight excluding hydrogens is 245 g/mol. The minimum Gasteiger partial charge on any atom is -0.399 e. The van der Waals surface area contributed by atoms with E-state index in [4.69, 9.17) is 5.73 Å². The number of nitrogen functional groups attached to an aromatic ring is 1. The molecule has 0 radical (unpaired) electrons. The first-order valence-electron chi connectivity index (χ1n) is 5.62. The Morgan fingerprint density at radius 1 is 1.11 bits per heavy atom. The van der Waals surface area contributed by atoms with E-state index < -0.39 is 5.82 Å². The molecule has 0 amide bonds. The maximum atomic E-state index is 13.6. The van der Waals surface area contributed by atoms with Crippen molar-refractivity contribution in [3.63, 3.8) is 0 Å². The highest BCUT2D eigenvalue weighted by atomic mass is 19.1. The van der Waals surface area contributed by atoms with Gasteiger partial charge in [-0.1, -0.05) is 12.1 Å². The Bertz CT molecular complexity index is 722. The van der Waals surface area contributed by atoms with Crippen LogP contribution in [0.25, 0.3) is 17.2 Å². The maximum Gasteiger partial charge on any atom is 0.191 e. The van der Waals surface area contributed by atoms with Crippen molar-refractivity contribution in [1.82, 2.24) is 19.7 Å². The van der Waals surface area contributed by atoms with Crippen molar-refractivity contribution < 1.29 is 4.39 Å². The highest BCUT2D eigenvalue weighted by Crippen LogP contribution is 2.18. The van der Waals surface area contributed by atoms with E-state index in [1.54, 1.807) is 12.1 Å². The zero-order valence-corrected chi connectivity index (χ0v) is 9.86. The lowest BCUT2D eigenvalue weighted by atomic mass is 10.2. The lowest BCUT2D eigenvalue weighted by Crippen LogP contribution is -2.01. The van der Waals surface area contributed by atoms with Gasteiger partial charge in [-0.25, -0.2) is 14.4 Å². The number of pyridine rings is 1. The molecule has 0 unspecified atom stereocenters.